The third-order valence-corrected chi connectivity index (χ3v) is 4.24. The lowest BCUT2D eigenvalue weighted by Gasteiger charge is -2.26. The number of rotatable bonds is 6. The summed E-state index contributed by atoms with van der Waals surface area (Å²) in [5.74, 6) is 0. The molecule has 16 heavy (non-hydrogen) atoms. The van der Waals surface area contributed by atoms with Gasteiger partial charge in [0.25, 0.3) is 0 Å². The Labute approximate surface area is 103 Å². The summed E-state index contributed by atoms with van der Waals surface area (Å²) in [6.45, 7) is 8.15. The third-order valence-electron chi connectivity index (χ3n) is 3.21. The average Bonchev–Trinajstić information content (AvgIpc) is 2.76. The smallest absolute Gasteiger partial charge is 0.0244 e. The first kappa shape index (κ1) is 12.1. The van der Waals surface area contributed by atoms with E-state index in [2.05, 4.69) is 28.6 Å². The SMILES string of the molecule is CCNCCCCN1CCc2sccc2C1. The van der Waals surface area contributed by atoms with E-state index in [9.17, 15) is 0 Å². The minimum Gasteiger partial charge on any atom is -0.317 e. The molecular weight excluding hydrogens is 216 g/mol. The molecule has 0 radical (unpaired) electrons. The average molecular weight is 238 g/mol. The second-order valence-electron chi connectivity index (χ2n) is 4.46. The molecule has 0 atom stereocenters. The first-order valence-electron chi connectivity index (χ1n) is 6.38. The van der Waals surface area contributed by atoms with Gasteiger partial charge in [0.15, 0.2) is 0 Å². The molecule has 0 aliphatic carbocycles. The molecule has 0 bridgehead atoms. The van der Waals surface area contributed by atoms with Gasteiger partial charge in [-0.2, -0.15) is 0 Å². The lowest BCUT2D eigenvalue weighted by Crippen LogP contribution is -2.30. The van der Waals surface area contributed by atoms with E-state index < -0.39 is 0 Å². The Balaban J connectivity index is 1.65. The van der Waals surface area contributed by atoms with Crippen molar-refractivity contribution in [2.75, 3.05) is 26.2 Å². The van der Waals surface area contributed by atoms with Crippen molar-refractivity contribution in [1.29, 1.82) is 0 Å². The molecule has 2 rings (SSSR count). The van der Waals surface area contributed by atoms with Crippen LogP contribution >= 0.6 is 11.3 Å². The van der Waals surface area contributed by atoms with Crippen LogP contribution in [0.4, 0.5) is 0 Å². The predicted molar refractivity (Wildman–Crippen MR) is 71.1 cm³/mol. The fourth-order valence-electron chi connectivity index (χ4n) is 2.26. The van der Waals surface area contributed by atoms with E-state index in [-0.39, 0.29) is 0 Å². The van der Waals surface area contributed by atoms with Crippen LogP contribution in [0.1, 0.15) is 30.2 Å². The van der Waals surface area contributed by atoms with Gasteiger partial charge < -0.3 is 5.32 Å². The number of unbranched alkanes of at least 4 members (excludes halogenated alkanes) is 1. The van der Waals surface area contributed by atoms with E-state index in [4.69, 9.17) is 0 Å². The van der Waals surface area contributed by atoms with Gasteiger partial charge in [-0.3, -0.25) is 4.90 Å². The Hall–Kier alpha value is -0.380. The Morgan fingerprint density at radius 1 is 1.44 bits per heavy atom. The fraction of sp³-hybridized carbons (Fsp3) is 0.692. The van der Waals surface area contributed by atoms with Crippen molar-refractivity contribution < 1.29 is 0 Å². The van der Waals surface area contributed by atoms with Gasteiger partial charge in [-0.05, 0) is 55.9 Å². The molecular formula is C13H22N2S. The fourth-order valence-corrected chi connectivity index (χ4v) is 3.15. The summed E-state index contributed by atoms with van der Waals surface area (Å²) >= 11 is 1.93. The minimum absolute atomic E-state index is 1.10. The minimum atomic E-state index is 1.10. The molecule has 1 aliphatic heterocycles. The van der Waals surface area contributed by atoms with Crippen molar-refractivity contribution in [2.45, 2.75) is 32.7 Å². The van der Waals surface area contributed by atoms with Crippen LogP contribution in [0.3, 0.4) is 0 Å². The molecule has 1 aliphatic rings. The summed E-state index contributed by atoms with van der Waals surface area (Å²) < 4.78 is 0. The van der Waals surface area contributed by atoms with Gasteiger partial charge in [-0.25, -0.2) is 0 Å². The number of thiophene rings is 1. The first-order valence-corrected chi connectivity index (χ1v) is 7.26. The molecule has 1 N–H and O–H groups in total. The maximum atomic E-state index is 3.38. The molecule has 0 fully saturated rings. The van der Waals surface area contributed by atoms with Crippen molar-refractivity contribution in [3.63, 3.8) is 0 Å². The zero-order valence-electron chi connectivity index (χ0n) is 10.2. The predicted octanol–water partition coefficient (Wildman–Crippen LogP) is 2.50. The molecule has 2 heterocycles. The van der Waals surface area contributed by atoms with Crippen LogP contribution in [0.15, 0.2) is 11.4 Å². The Morgan fingerprint density at radius 2 is 2.38 bits per heavy atom. The van der Waals surface area contributed by atoms with E-state index in [1.165, 1.54) is 45.4 Å². The number of fused-ring (bicyclic) bond motifs is 1. The number of nitrogens with one attached hydrogen (secondary N) is 1. The highest BCUT2D eigenvalue weighted by atomic mass is 32.1. The summed E-state index contributed by atoms with van der Waals surface area (Å²) in [7, 11) is 0. The van der Waals surface area contributed by atoms with Crippen LogP contribution in [-0.4, -0.2) is 31.1 Å². The number of hydrogen-bond donors (Lipinski definition) is 1. The third kappa shape index (κ3) is 3.30. The molecule has 0 unspecified atom stereocenters. The van der Waals surface area contributed by atoms with Crippen LogP contribution in [0.5, 0.6) is 0 Å². The molecule has 1 aromatic heterocycles. The van der Waals surface area contributed by atoms with E-state index in [1.807, 2.05) is 11.3 Å². The largest absolute Gasteiger partial charge is 0.317 e. The van der Waals surface area contributed by atoms with Crippen LogP contribution in [0.2, 0.25) is 0 Å². The van der Waals surface area contributed by atoms with Crippen LogP contribution in [0.25, 0.3) is 0 Å². The van der Waals surface area contributed by atoms with E-state index in [0.29, 0.717) is 0 Å². The Kier molecular flexibility index (Phi) is 4.82. The van der Waals surface area contributed by atoms with Crippen molar-refractivity contribution >= 4 is 11.3 Å². The van der Waals surface area contributed by atoms with Crippen LogP contribution < -0.4 is 5.32 Å². The molecule has 1 aromatic rings. The molecule has 0 spiro atoms. The molecule has 0 amide bonds. The maximum Gasteiger partial charge on any atom is 0.0244 e. The lowest BCUT2D eigenvalue weighted by atomic mass is 10.1. The van der Waals surface area contributed by atoms with Gasteiger partial charge in [-0.1, -0.05) is 6.92 Å². The number of hydrogen-bond acceptors (Lipinski definition) is 3. The molecule has 2 nitrogen and oxygen atoms in total. The van der Waals surface area contributed by atoms with E-state index in [1.54, 1.807) is 10.4 Å². The summed E-state index contributed by atoms with van der Waals surface area (Å²) in [6, 6.07) is 2.30. The van der Waals surface area contributed by atoms with Gasteiger partial charge in [-0.15, -0.1) is 11.3 Å². The Morgan fingerprint density at radius 3 is 3.25 bits per heavy atom. The molecule has 90 valence electrons. The van der Waals surface area contributed by atoms with Gasteiger partial charge in [0.05, 0.1) is 0 Å². The van der Waals surface area contributed by atoms with Gasteiger partial charge >= 0.3 is 0 Å². The summed E-state index contributed by atoms with van der Waals surface area (Å²) in [5.41, 5.74) is 1.57. The second kappa shape index (κ2) is 6.38. The second-order valence-corrected chi connectivity index (χ2v) is 5.46. The quantitative estimate of drug-likeness (QED) is 0.766. The van der Waals surface area contributed by atoms with Crippen LogP contribution in [0, 0.1) is 0 Å². The van der Waals surface area contributed by atoms with E-state index in [0.717, 1.165) is 6.54 Å². The summed E-state index contributed by atoms with van der Waals surface area (Å²) in [4.78, 5) is 4.21. The van der Waals surface area contributed by atoms with Gasteiger partial charge in [0.2, 0.25) is 0 Å². The van der Waals surface area contributed by atoms with Crippen molar-refractivity contribution in [3.05, 3.63) is 21.9 Å². The normalized spacial score (nSPS) is 16.3. The lowest BCUT2D eigenvalue weighted by molar-refractivity contribution is 0.250. The van der Waals surface area contributed by atoms with Crippen molar-refractivity contribution in [2.24, 2.45) is 0 Å². The number of nitrogens with zero attached hydrogens (tertiary/aromatic N) is 1. The highest BCUT2D eigenvalue weighted by Crippen LogP contribution is 2.23. The maximum absolute atomic E-state index is 3.38. The van der Waals surface area contributed by atoms with Gasteiger partial charge in [0.1, 0.15) is 0 Å². The summed E-state index contributed by atoms with van der Waals surface area (Å²) in [5, 5.41) is 5.62. The Bertz CT molecular complexity index is 309. The monoisotopic (exact) mass is 238 g/mol. The van der Waals surface area contributed by atoms with Crippen molar-refractivity contribution in [3.8, 4) is 0 Å². The molecule has 0 saturated heterocycles. The molecule has 3 heteroatoms. The van der Waals surface area contributed by atoms with E-state index >= 15 is 0 Å². The van der Waals surface area contributed by atoms with Crippen molar-refractivity contribution in [1.82, 2.24) is 10.2 Å². The standard InChI is InChI=1S/C13H22N2S/c1-2-14-7-3-4-8-15-9-5-13-12(11-15)6-10-16-13/h6,10,14H,2-5,7-9,11H2,1H3. The highest BCUT2D eigenvalue weighted by molar-refractivity contribution is 7.10. The topological polar surface area (TPSA) is 15.3 Å². The highest BCUT2D eigenvalue weighted by Gasteiger charge is 2.16. The first-order chi connectivity index (χ1) is 7.90. The summed E-state index contributed by atoms with van der Waals surface area (Å²) in [6.07, 6.45) is 3.90. The molecule has 0 saturated carbocycles. The van der Waals surface area contributed by atoms with Crippen LogP contribution in [-0.2, 0) is 13.0 Å². The van der Waals surface area contributed by atoms with Gasteiger partial charge in [0, 0.05) is 18.0 Å². The zero-order valence-corrected chi connectivity index (χ0v) is 11.0. The molecule has 0 aromatic carbocycles. The zero-order chi connectivity index (χ0) is 11.2.